The lowest BCUT2D eigenvalue weighted by Gasteiger charge is -2.34. The van der Waals surface area contributed by atoms with Gasteiger partial charge in [0.05, 0.1) is 0 Å². The predicted octanol–water partition coefficient (Wildman–Crippen LogP) is 2.54. The SMILES string of the molecule is CCN(Cc1c(F)cccc1F)C1CCNCC1. The molecule has 100 valence electrons. The lowest BCUT2D eigenvalue weighted by Crippen LogP contribution is -2.42. The molecule has 2 nitrogen and oxygen atoms in total. The maximum atomic E-state index is 13.6. The third kappa shape index (κ3) is 3.06. The summed E-state index contributed by atoms with van der Waals surface area (Å²) in [5.74, 6) is -0.884. The van der Waals surface area contributed by atoms with Crippen LogP contribution in [-0.2, 0) is 6.54 Å². The Kier molecular flexibility index (Phi) is 4.66. The molecule has 0 saturated carbocycles. The highest BCUT2D eigenvalue weighted by Crippen LogP contribution is 2.19. The van der Waals surface area contributed by atoms with Crippen LogP contribution in [0.2, 0.25) is 0 Å². The molecule has 0 aromatic heterocycles. The molecule has 0 aliphatic carbocycles. The van der Waals surface area contributed by atoms with Gasteiger partial charge >= 0.3 is 0 Å². The third-order valence-electron chi connectivity index (χ3n) is 3.65. The van der Waals surface area contributed by atoms with Gasteiger partial charge in [0, 0.05) is 18.2 Å². The minimum Gasteiger partial charge on any atom is -0.317 e. The number of hydrogen-bond acceptors (Lipinski definition) is 2. The Hall–Kier alpha value is -1.00. The van der Waals surface area contributed by atoms with Gasteiger partial charge in [0.25, 0.3) is 0 Å². The van der Waals surface area contributed by atoms with Crippen molar-refractivity contribution in [3.05, 3.63) is 35.4 Å². The molecule has 1 N–H and O–H groups in total. The van der Waals surface area contributed by atoms with Crippen molar-refractivity contribution < 1.29 is 8.78 Å². The molecule has 0 atom stereocenters. The summed E-state index contributed by atoms with van der Waals surface area (Å²) in [5, 5.41) is 3.31. The summed E-state index contributed by atoms with van der Waals surface area (Å²) in [7, 11) is 0. The zero-order valence-electron chi connectivity index (χ0n) is 10.8. The first kappa shape index (κ1) is 13.4. The normalized spacial score (nSPS) is 17.3. The van der Waals surface area contributed by atoms with Gasteiger partial charge in [0.2, 0.25) is 0 Å². The zero-order valence-corrected chi connectivity index (χ0v) is 10.8. The van der Waals surface area contributed by atoms with Gasteiger partial charge in [-0.2, -0.15) is 0 Å². The van der Waals surface area contributed by atoms with E-state index in [9.17, 15) is 8.78 Å². The lowest BCUT2D eigenvalue weighted by atomic mass is 10.0. The number of benzene rings is 1. The molecular formula is C14H20F2N2. The maximum Gasteiger partial charge on any atom is 0.130 e. The van der Waals surface area contributed by atoms with E-state index in [1.54, 1.807) is 0 Å². The highest BCUT2D eigenvalue weighted by Gasteiger charge is 2.21. The van der Waals surface area contributed by atoms with Crippen molar-refractivity contribution in [3.8, 4) is 0 Å². The minimum absolute atomic E-state index is 0.192. The summed E-state index contributed by atoms with van der Waals surface area (Å²) < 4.78 is 27.3. The summed E-state index contributed by atoms with van der Waals surface area (Å²) in [6.07, 6.45) is 2.09. The molecule has 1 aliphatic heterocycles. The molecule has 1 aromatic carbocycles. The topological polar surface area (TPSA) is 15.3 Å². The quantitative estimate of drug-likeness (QED) is 0.888. The zero-order chi connectivity index (χ0) is 13.0. The van der Waals surface area contributed by atoms with Crippen LogP contribution >= 0.6 is 0 Å². The van der Waals surface area contributed by atoms with Gasteiger partial charge in [0.1, 0.15) is 11.6 Å². The monoisotopic (exact) mass is 254 g/mol. The van der Waals surface area contributed by atoms with Crippen molar-refractivity contribution in [2.75, 3.05) is 19.6 Å². The number of piperidine rings is 1. The Morgan fingerprint density at radius 2 is 1.83 bits per heavy atom. The molecule has 1 aliphatic rings. The minimum atomic E-state index is -0.442. The van der Waals surface area contributed by atoms with Crippen LogP contribution in [0.25, 0.3) is 0 Å². The van der Waals surface area contributed by atoms with Crippen molar-refractivity contribution >= 4 is 0 Å². The standard InChI is InChI=1S/C14H20F2N2/c1-2-18(11-6-8-17-9-7-11)10-12-13(15)4-3-5-14(12)16/h3-5,11,17H,2,6-10H2,1H3. The predicted molar refractivity (Wildman–Crippen MR) is 68.3 cm³/mol. The Balaban J connectivity index is 2.09. The van der Waals surface area contributed by atoms with Gasteiger partial charge in [-0.1, -0.05) is 13.0 Å². The van der Waals surface area contributed by atoms with Crippen LogP contribution in [-0.4, -0.2) is 30.6 Å². The van der Waals surface area contributed by atoms with Crippen molar-refractivity contribution in [2.24, 2.45) is 0 Å². The van der Waals surface area contributed by atoms with Gasteiger partial charge in [-0.05, 0) is 44.6 Å². The fourth-order valence-electron chi connectivity index (χ4n) is 2.56. The van der Waals surface area contributed by atoms with Gasteiger partial charge in [0.15, 0.2) is 0 Å². The van der Waals surface area contributed by atoms with Crippen LogP contribution in [0.3, 0.4) is 0 Å². The van der Waals surface area contributed by atoms with Crippen molar-refractivity contribution in [1.29, 1.82) is 0 Å². The van der Waals surface area contributed by atoms with Gasteiger partial charge < -0.3 is 5.32 Å². The van der Waals surface area contributed by atoms with Crippen LogP contribution in [0.5, 0.6) is 0 Å². The third-order valence-corrected chi connectivity index (χ3v) is 3.65. The fourth-order valence-corrected chi connectivity index (χ4v) is 2.56. The molecule has 0 amide bonds. The molecule has 1 heterocycles. The second-order valence-electron chi connectivity index (χ2n) is 4.74. The summed E-state index contributed by atoms with van der Waals surface area (Å²) in [5.41, 5.74) is 0.192. The second-order valence-corrected chi connectivity index (χ2v) is 4.74. The van der Waals surface area contributed by atoms with Gasteiger partial charge in [-0.25, -0.2) is 8.78 Å². The molecule has 1 fully saturated rings. The van der Waals surface area contributed by atoms with Gasteiger partial charge in [-0.3, -0.25) is 4.90 Å². The summed E-state index contributed by atoms with van der Waals surface area (Å²) in [4.78, 5) is 2.17. The Morgan fingerprint density at radius 3 is 2.39 bits per heavy atom. The smallest absolute Gasteiger partial charge is 0.130 e. The highest BCUT2D eigenvalue weighted by atomic mass is 19.1. The molecular weight excluding hydrogens is 234 g/mol. The van der Waals surface area contributed by atoms with Gasteiger partial charge in [-0.15, -0.1) is 0 Å². The van der Waals surface area contributed by atoms with E-state index in [0.717, 1.165) is 32.5 Å². The molecule has 0 unspecified atom stereocenters. The van der Waals surface area contributed by atoms with Crippen molar-refractivity contribution in [3.63, 3.8) is 0 Å². The first-order valence-corrected chi connectivity index (χ1v) is 6.60. The van der Waals surface area contributed by atoms with Crippen LogP contribution < -0.4 is 5.32 Å². The Bertz CT molecular complexity index is 369. The van der Waals surface area contributed by atoms with E-state index >= 15 is 0 Å². The van der Waals surface area contributed by atoms with Crippen molar-refractivity contribution in [1.82, 2.24) is 10.2 Å². The molecule has 1 saturated heterocycles. The van der Waals surface area contributed by atoms with E-state index in [0.29, 0.717) is 12.6 Å². The first-order valence-electron chi connectivity index (χ1n) is 6.60. The largest absolute Gasteiger partial charge is 0.317 e. The van der Waals surface area contributed by atoms with E-state index in [2.05, 4.69) is 10.2 Å². The van der Waals surface area contributed by atoms with Crippen LogP contribution in [0, 0.1) is 11.6 Å². The average Bonchev–Trinajstić information content (AvgIpc) is 2.40. The molecule has 0 spiro atoms. The first-order chi connectivity index (χ1) is 8.72. The summed E-state index contributed by atoms with van der Waals surface area (Å²) >= 11 is 0. The van der Waals surface area contributed by atoms with E-state index in [-0.39, 0.29) is 5.56 Å². The van der Waals surface area contributed by atoms with E-state index in [1.807, 2.05) is 6.92 Å². The van der Waals surface area contributed by atoms with Crippen LogP contribution in [0.15, 0.2) is 18.2 Å². The van der Waals surface area contributed by atoms with E-state index < -0.39 is 11.6 Å². The molecule has 4 heteroatoms. The molecule has 2 rings (SSSR count). The molecule has 1 aromatic rings. The Morgan fingerprint density at radius 1 is 1.22 bits per heavy atom. The van der Waals surface area contributed by atoms with E-state index in [4.69, 9.17) is 0 Å². The molecule has 18 heavy (non-hydrogen) atoms. The fraction of sp³-hybridized carbons (Fsp3) is 0.571. The Labute approximate surface area is 107 Å². The van der Waals surface area contributed by atoms with E-state index in [1.165, 1.54) is 18.2 Å². The molecule has 0 radical (unpaired) electrons. The van der Waals surface area contributed by atoms with Crippen molar-refractivity contribution in [2.45, 2.75) is 32.4 Å². The average molecular weight is 254 g/mol. The summed E-state index contributed by atoms with van der Waals surface area (Å²) in [6, 6.07) is 4.49. The molecule has 0 bridgehead atoms. The highest BCUT2D eigenvalue weighted by molar-refractivity contribution is 5.19. The second kappa shape index (κ2) is 6.25. The van der Waals surface area contributed by atoms with Crippen LogP contribution in [0.4, 0.5) is 8.78 Å². The van der Waals surface area contributed by atoms with Crippen LogP contribution in [0.1, 0.15) is 25.3 Å². The maximum absolute atomic E-state index is 13.6. The lowest BCUT2D eigenvalue weighted by molar-refractivity contribution is 0.158. The summed E-state index contributed by atoms with van der Waals surface area (Å²) in [6.45, 7) is 5.20. The number of rotatable bonds is 4. The number of halogens is 2. The number of hydrogen-bond donors (Lipinski definition) is 1. The number of nitrogens with zero attached hydrogens (tertiary/aromatic N) is 1. The number of nitrogens with one attached hydrogen (secondary N) is 1.